The van der Waals surface area contributed by atoms with Crippen LogP contribution in [-0.4, -0.2) is 59.7 Å². The summed E-state index contributed by atoms with van der Waals surface area (Å²) >= 11 is 0. The van der Waals surface area contributed by atoms with Gasteiger partial charge in [-0.15, -0.1) is 0 Å². The highest BCUT2D eigenvalue weighted by molar-refractivity contribution is 6.22. The molecule has 1 unspecified atom stereocenters. The summed E-state index contributed by atoms with van der Waals surface area (Å²) in [6, 6.07) is 17.1. The van der Waals surface area contributed by atoms with Crippen LogP contribution in [0, 0.1) is 0 Å². The van der Waals surface area contributed by atoms with E-state index in [0.29, 0.717) is 17.7 Å². The summed E-state index contributed by atoms with van der Waals surface area (Å²) in [7, 11) is 0. The van der Waals surface area contributed by atoms with Gasteiger partial charge in [0.15, 0.2) is 0 Å². The predicted octanol–water partition coefficient (Wildman–Crippen LogP) is 2.11. The van der Waals surface area contributed by atoms with Gasteiger partial charge in [0, 0.05) is 12.6 Å². The van der Waals surface area contributed by atoms with Crippen LogP contribution in [0.15, 0.2) is 54.6 Å². The van der Waals surface area contributed by atoms with Crippen LogP contribution >= 0.6 is 0 Å². The standard InChI is InChI=1S/C23H25N3O3/c27-21(16-26-22(28)19-10-4-5-11-20(19)23(26)29)24-15-18(25-12-6-7-13-25)14-17-8-2-1-3-9-17/h1-5,8-11,18H,6-7,12-16H2,(H,24,27). The van der Waals surface area contributed by atoms with Crippen LogP contribution in [0.4, 0.5) is 0 Å². The van der Waals surface area contributed by atoms with Gasteiger partial charge in [0.1, 0.15) is 6.54 Å². The number of imide groups is 1. The van der Waals surface area contributed by atoms with Crippen LogP contribution in [0.5, 0.6) is 0 Å². The maximum atomic E-state index is 12.5. The molecule has 1 atom stereocenters. The number of nitrogens with zero attached hydrogens (tertiary/aromatic N) is 2. The van der Waals surface area contributed by atoms with Gasteiger partial charge in [-0.25, -0.2) is 0 Å². The molecule has 0 radical (unpaired) electrons. The van der Waals surface area contributed by atoms with Crippen molar-refractivity contribution in [1.82, 2.24) is 15.1 Å². The molecule has 0 saturated carbocycles. The topological polar surface area (TPSA) is 69.7 Å². The molecule has 2 aromatic carbocycles. The van der Waals surface area contributed by atoms with E-state index in [9.17, 15) is 14.4 Å². The minimum Gasteiger partial charge on any atom is -0.353 e. The van der Waals surface area contributed by atoms with Crippen molar-refractivity contribution in [2.45, 2.75) is 25.3 Å². The lowest BCUT2D eigenvalue weighted by Gasteiger charge is -2.28. The van der Waals surface area contributed by atoms with Gasteiger partial charge in [-0.05, 0) is 50.0 Å². The predicted molar refractivity (Wildman–Crippen MR) is 110 cm³/mol. The highest BCUT2D eigenvalue weighted by Gasteiger charge is 2.36. The Hall–Kier alpha value is -2.99. The van der Waals surface area contributed by atoms with Gasteiger partial charge in [-0.3, -0.25) is 24.2 Å². The lowest BCUT2D eigenvalue weighted by Crippen LogP contribution is -2.47. The molecule has 1 saturated heterocycles. The van der Waals surface area contributed by atoms with Crippen LogP contribution in [-0.2, 0) is 11.2 Å². The second kappa shape index (κ2) is 8.57. The lowest BCUT2D eigenvalue weighted by atomic mass is 10.0. The maximum Gasteiger partial charge on any atom is 0.262 e. The molecule has 2 aliphatic heterocycles. The van der Waals surface area contributed by atoms with Gasteiger partial charge in [-0.1, -0.05) is 42.5 Å². The molecule has 1 N–H and O–H groups in total. The molecule has 0 spiro atoms. The van der Waals surface area contributed by atoms with Gasteiger partial charge in [0.25, 0.3) is 11.8 Å². The second-order valence-electron chi connectivity index (χ2n) is 7.63. The van der Waals surface area contributed by atoms with Crippen molar-refractivity contribution >= 4 is 17.7 Å². The first-order valence-corrected chi connectivity index (χ1v) is 10.1. The molecule has 2 aromatic rings. The number of hydrogen-bond acceptors (Lipinski definition) is 4. The highest BCUT2D eigenvalue weighted by Crippen LogP contribution is 2.22. The Morgan fingerprint density at radius 2 is 1.48 bits per heavy atom. The van der Waals surface area contributed by atoms with Gasteiger partial charge >= 0.3 is 0 Å². The van der Waals surface area contributed by atoms with Crippen molar-refractivity contribution in [2.24, 2.45) is 0 Å². The van der Waals surface area contributed by atoms with Gasteiger partial charge in [0.05, 0.1) is 11.1 Å². The lowest BCUT2D eigenvalue weighted by molar-refractivity contribution is -0.121. The fraction of sp³-hybridized carbons (Fsp3) is 0.348. The van der Waals surface area contributed by atoms with Crippen molar-refractivity contribution in [3.8, 4) is 0 Å². The highest BCUT2D eigenvalue weighted by atomic mass is 16.2. The van der Waals surface area contributed by atoms with Gasteiger partial charge in [-0.2, -0.15) is 0 Å². The number of likely N-dealkylation sites (tertiary alicyclic amines) is 1. The summed E-state index contributed by atoms with van der Waals surface area (Å²) in [4.78, 5) is 40.9. The average molecular weight is 391 g/mol. The molecule has 0 aromatic heterocycles. The molecule has 29 heavy (non-hydrogen) atoms. The average Bonchev–Trinajstić information content (AvgIpc) is 3.36. The van der Waals surface area contributed by atoms with E-state index in [1.807, 2.05) is 18.2 Å². The zero-order valence-corrected chi connectivity index (χ0v) is 16.3. The number of amides is 3. The number of fused-ring (bicyclic) bond motifs is 1. The van der Waals surface area contributed by atoms with Crippen molar-refractivity contribution in [1.29, 1.82) is 0 Å². The van der Waals surface area contributed by atoms with E-state index in [2.05, 4.69) is 22.3 Å². The van der Waals surface area contributed by atoms with E-state index in [1.165, 1.54) is 18.4 Å². The minimum absolute atomic E-state index is 0.200. The number of rotatable bonds is 7. The quantitative estimate of drug-likeness (QED) is 0.734. The molecule has 150 valence electrons. The molecule has 6 nitrogen and oxygen atoms in total. The van der Waals surface area contributed by atoms with Crippen molar-refractivity contribution in [3.63, 3.8) is 0 Å². The Morgan fingerprint density at radius 1 is 0.897 bits per heavy atom. The number of nitrogens with one attached hydrogen (secondary N) is 1. The molecular formula is C23H25N3O3. The first kappa shape index (κ1) is 19.3. The Morgan fingerprint density at radius 3 is 2.10 bits per heavy atom. The third kappa shape index (κ3) is 4.22. The fourth-order valence-electron chi connectivity index (χ4n) is 4.14. The third-order valence-electron chi connectivity index (χ3n) is 5.69. The van der Waals surface area contributed by atoms with Gasteiger partial charge in [0.2, 0.25) is 5.91 Å². The SMILES string of the molecule is O=C(CN1C(=O)c2ccccc2C1=O)NCC(Cc1ccccc1)N1CCCC1. The zero-order chi connectivity index (χ0) is 20.2. The van der Waals surface area contributed by atoms with E-state index in [4.69, 9.17) is 0 Å². The Balaban J connectivity index is 1.37. The van der Waals surface area contributed by atoms with E-state index >= 15 is 0 Å². The Kier molecular flexibility index (Phi) is 5.71. The Labute approximate surface area is 170 Å². The molecule has 0 aliphatic carbocycles. The third-order valence-corrected chi connectivity index (χ3v) is 5.69. The van der Waals surface area contributed by atoms with Crippen LogP contribution in [0.2, 0.25) is 0 Å². The number of carbonyl (C=O) groups is 3. The number of carbonyl (C=O) groups excluding carboxylic acids is 3. The molecular weight excluding hydrogens is 366 g/mol. The second-order valence-corrected chi connectivity index (χ2v) is 7.63. The largest absolute Gasteiger partial charge is 0.353 e. The smallest absolute Gasteiger partial charge is 0.262 e. The summed E-state index contributed by atoms with van der Waals surface area (Å²) in [5.41, 5.74) is 1.97. The van der Waals surface area contributed by atoms with Crippen molar-refractivity contribution in [3.05, 3.63) is 71.3 Å². The van der Waals surface area contributed by atoms with Crippen molar-refractivity contribution in [2.75, 3.05) is 26.2 Å². The van der Waals surface area contributed by atoms with Crippen LogP contribution in [0.3, 0.4) is 0 Å². The summed E-state index contributed by atoms with van der Waals surface area (Å²) in [6.45, 7) is 2.32. The first-order chi connectivity index (χ1) is 14.1. The van der Waals surface area contributed by atoms with E-state index in [1.54, 1.807) is 24.3 Å². The fourth-order valence-corrected chi connectivity index (χ4v) is 4.14. The normalized spacial score (nSPS) is 17.4. The summed E-state index contributed by atoms with van der Waals surface area (Å²) < 4.78 is 0. The van der Waals surface area contributed by atoms with E-state index in [0.717, 1.165) is 24.4 Å². The van der Waals surface area contributed by atoms with Crippen molar-refractivity contribution < 1.29 is 14.4 Å². The Bertz CT molecular complexity index is 872. The van der Waals surface area contributed by atoms with Crippen LogP contribution in [0.1, 0.15) is 39.1 Å². The summed E-state index contributed by atoms with van der Waals surface area (Å²) in [5, 5.41) is 2.95. The molecule has 2 heterocycles. The van der Waals surface area contributed by atoms with E-state index in [-0.39, 0.29) is 18.5 Å². The van der Waals surface area contributed by atoms with Crippen LogP contribution in [0.25, 0.3) is 0 Å². The molecule has 0 bridgehead atoms. The minimum atomic E-state index is -0.402. The molecule has 6 heteroatoms. The maximum absolute atomic E-state index is 12.5. The zero-order valence-electron chi connectivity index (χ0n) is 16.3. The van der Waals surface area contributed by atoms with E-state index < -0.39 is 11.8 Å². The first-order valence-electron chi connectivity index (χ1n) is 10.1. The summed E-state index contributed by atoms with van der Waals surface area (Å²) in [6.07, 6.45) is 3.21. The molecule has 3 amide bonds. The monoisotopic (exact) mass is 391 g/mol. The number of hydrogen-bond donors (Lipinski definition) is 1. The molecule has 4 rings (SSSR count). The molecule has 1 fully saturated rings. The van der Waals surface area contributed by atoms with Crippen LogP contribution < -0.4 is 5.32 Å². The molecule has 2 aliphatic rings. The summed E-state index contributed by atoms with van der Waals surface area (Å²) in [5.74, 6) is -1.11. The van der Waals surface area contributed by atoms with Gasteiger partial charge < -0.3 is 5.32 Å². The number of benzene rings is 2.